The third kappa shape index (κ3) is 5.07. The summed E-state index contributed by atoms with van der Waals surface area (Å²) in [5.41, 5.74) is 3.97. The van der Waals surface area contributed by atoms with Gasteiger partial charge in [-0.15, -0.1) is 0 Å². The molecule has 0 radical (unpaired) electrons. The van der Waals surface area contributed by atoms with Crippen LogP contribution in [0.2, 0.25) is 0 Å². The Hall–Kier alpha value is -1.14. The number of methoxy groups -OCH3 is 1. The van der Waals surface area contributed by atoms with Gasteiger partial charge in [-0.05, 0) is 54.5 Å². The number of rotatable bonds is 7. The van der Waals surface area contributed by atoms with Crippen LogP contribution in [0.3, 0.4) is 0 Å². The van der Waals surface area contributed by atoms with Gasteiger partial charge in [0.05, 0.1) is 7.11 Å². The first-order chi connectivity index (χ1) is 13.4. The van der Waals surface area contributed by atoms with Crippen LogP contribution in [0.15, 0.2) is 12.1 Å². The number of piperazine rings is 1. The molecule has 5 nitrogen and oxygen atoms in total. The maximum atomic E-state index is 9.96. The zero-order valence-electron chi connectivity index (χ0n) is 18.4. The van der Waals surface area contributed by atoms with Crippen LogP contribution in [0.1, 0.15) is 36.5 Å². The van der Waals surface area contributed by atoms with Crippen LogP contribution in [-0.4, -0.2) is 86.4 Å². The van der Waals surface area contributed by atoms with Gasteiger partial charge in [0.1, 0.15) is 5.75 Å². The van der Waals surface area contributed by atoms with Crippen molar-refractivity contribution in [2.24, 2.45) is 11.8 Å². The standard InChI is InChI=1S/C23H39N3O2/c1-17(2)22-11-19(18(3)10-23(22)28-5)12-26-14-20(21(15-26)16-27)13-25-8-6-24(4)7-9-25/h10-11,17,20-21,27H,6-9,12-16H2,1-5H3/t20-,21-/m1/s1. The Morgan fingerprint density at radius 2 is 1.75 bits per heavy atom. The number of aliphatic hydroxyl groups is 1. The Morgan fingerprint density at radius 3 is 2.36 bits per heavy atom. The van der Waals surface area contributed by atoms with Gasteiger partial charge in [0.2, 0.25) is 0 Å². The average molecular weight is 390 g/mol. The number of nitrogens with zero attached hydrogens (tertiary/aromatic N) is 3. The molecule has 0 spiro atoms. The van der Waals surface area contributed by atoms with E-state index in [2.05, 4.69) is 54.7 Å². The van der Waals surface area contributed by atoms with Gasteiger partial charge in [-0.1, -0.05) is 19.9 Å². The summed E-state index contributed by atoms with van der Waals surface area (Å²) < 4.78 is 5.60. The molecule has 5 heteroatoms. The molecule has 2 heterocycles. The molecular weight excluding hydrogens is 350 g/mol. The molecule has 2 fully saturated rings. The lowest BCUT2D eigenvalue weighted by molar-refractivity contribution is 0.116. The third-order valence-corrected chi connectivity index (χ3v) is 6.68. The smallest absolute Gasteiger partial charge is 0.122 e. The summed E-state index contributed by atoms with van der Waals surface area (Å²) in [6.45, 7) is 15.7. The molecule has 2 atom stereocenters. The van der Waals surface area contributed by atoms with E-state index in [1.165, 1.54) is 16.7 Å². The highest BCUT2D eigenvalue weighted by Gasteiger charge is 2.34. The first-order valence-electron chi connectivity index (χ1n) is 10.8. The van der Waals surface area contributed by atoms with Crippen molar-refractivity contribution in [3.8, 4) is 5.75 Å². The summed E-state index contributed by atoms with van der Waals surface area (Å²) in [4.78, 5) is 7.53. The van der Waals surface area contributed by atoms with E-state index in [0.717, 1.165) is 58.1 Å². The second kappa shape index (κ2) is 9.57. The molecule has 3 rings (SSSR count). The molecule has 0 unspecified atom stereocenters. The predicted molar refractivity (Wildman–Crippen MR) is 115 cm³/mol. The highest BCUT2D eigenvalue weighted by Crippen LogP contribution is 2.32. The Kier molecular flexibility index (Phi) is 7.37. The van der Waals surface area contributed by atoms with E-state index in [9.17, 15) is 5.11 Å². The molecule has 2 saturated heterocycles. The third-order valence-electron chi connectivity index (χ3n) is 6.68. The van der Waals surface area contributed by atoms with Crippen LogP contribution >= 0.6 is 0 Å². The maximum Gasteiger partial charge on any atom is 0.122 e. The van der Waals surface area contributed by atoms with Crippen LogP contribution in [0.5, 0.6) is 5.75 Å². The molecule has 1 N–H and O–H groups in total. The highest BCUT2D eigenvalue weighted by molar-refractivity contribution is 5.44. The second-order valence-electron chi connectivity index (χ2n) is 9.18. The molecule has 0 aromatic heterocycles. The van der Waals surface area contributed by atoms with E-state index in [0.29, 0.717) is 24.4 Å². The van der Waals surface area contributed by atoms with E-state index in [4.69, 9.17) is 4.74 Å². The number of likely N-dealkylation sites (tertiary alicyclic amines) is 1. The van der Waals surface area contributed by atoms with E-state index >= 15 is 0 Å². The number of hydrogen-bond donors (Lipinski definition) is 1. The molecule has 28 heavy (non-hydrogen) atoms. The Bertz CT molecular complexity index is 641. The highest BCUT2D eigenvalue weighted by atomic mass is 16.5. The SMILES string of the molecule is COc1cc(C)c(CN2C[C@@H](CN3CCN(C)CC3)[C@@H](CO)C2)cc1C(C)C. The first-order valence-corrected chi connectivity index (χ1v) is 10.8. The number of ether oxygens (including phenoxy) is 1. The Labute approximate surface area is 171 Å². The van der Waals surface area contributed by atoms with Gasteiger partial charge in [0.25, 0.3) is 0 Å². The van der Waals surface area contributed by atoms with E-state index < -0.39 is 0 Å². The largest absolute Gasteiger partial charge is 0.496 e. The molecule has 0 bridgehead atoms. The quantitative estimate of drug-likeness (QED) is 0.775. The van der Waals surface area contributed by atoms with Gasteiger partial charge < -0.3 is 19.6 Å². The lowest BCUT2D eigenvalue weighted by atomic mass is 9.96. The molecule has 0 amide bonds. The fourth-order valence-corrected chi connectivity index (χ4v) is 4.73. The Morgan fingerprint density at radius 1 is 1.07 bits per heavy atom. The average Bonchev–Trinajstić information content (AvgIpc) is 3.06. The molecule has 2 aliphatic heterocycles. The van der Waals surface area contributed by atoms with Crippen LogP contribution in [0.25, 0.3) is 0 Å². The van der Waals surface area contributed by atoms with Crippen LogP contribution < -0.4 is 4.74 Å². The number of aryl methyl sites for hydroxylation is 1. The molecule has 2 aliphatic rings. The summed E-state index contributed by atoms with van der Waals surface area (Å²) in [7, 11) is 3.96. The minimum Gasteiger partial charge on any atom is -0.496 e. The normalized spacial score (nSPS) is 25.0. The fraction of sp³-hybridized carbons (Fsp3) is 0.739. The molecular formula is C23H39N3O2. The lowest BCUT2D eigenvalue weighted by Gasteiger charge is -2.34. The van der Waals surface area contributed by atoms with Crippen molar-refractivity contribution in [2.45, 2.75) is 33.2 Å². The van der Waals surface area contributed by atoms with Gasteiger partial charge in [0.15, 0.2) is 0 Å². The van der Waals surface area contributed by atoms with Crippen molar-refractivity contribution in [3.63, 3.8) is 0 Å². The summed E-state index contributed by atoms with van der Waals surface area (Å²) in [5.74, 6) is 2.40. The molecule has 1 aromatic rings. The summed E-state index contributed by atoms with van der Waals surface area (Å²) >= 11 is 0. The number of benzene rings is 1. The first kappa shape index (κ1) is 21.6. The van der Waals surface area contributed by atoms with Gasteiger partial charge in [-0.2, -0.15) is 0 Å². The van der Waals surface area contributed by atoms with Crippen LogP contribution in [0.4, 0.5) is 0 Å². The zero-order valence-corrected chi connectivity index (χ0v) is 18.4. The minimum absolute atomic E-state index is 0.299. The predicted octanol–water partition coefficient (Wildman–Crippen LogP) is 2.41. The van der Waals surface area contributed by atoms with Crippen LogP contribution in [-0.2, 0) is 6.54 Å². The van der Waals surface area contributed by atoms with Gasteiger partial charge in [-0.3, -0.25) is 4.90 Å². The second-order valence-corrected chi connectivity index (χ2v) is 9.18. The summed E-state index contributed by atoms with van der Waals surface area (Å²) in [6, 6.07) is 4.52. The molecule has 158 valence electrons. The number of hydrogen-bond acceptors (Lipinski definition) is 5. The lowest BCUT2D eigenvalue weighted by Crippen LogP contribution is -2.47. The van der Waals surface area contributed by atoms with Gasteiger partial charge in [-0.25, -0.2) is 0 Å². The van der Waals surface area contributed by atoms with Gasteiger partial charge >= 0.3 is 0 Å². The molecule has 1 aromatic carbocycles. The van der Waals surface area contributed by atoms with E-state index in [1.807, 2.05) is 0 Å². The van der Waals surface area contributed by atoms with E-state index in [1.54, 1.807) is 7.11 Å². The Balaban J connectivity index is 1.66. The van der Waals surface area contributed by atoms with Crippen molar-refractivity contribution >= 4 is 0 Å². The van der Waals surface area contributed by atoms with Crippen molar-refractivity contribution < 1.29 is 9.84 Å². The minimum atomic E-state index is 0.299. The van der Waals surface area contributed by atoms with Gasteiger partial charge in [0, 0.05) is 59.0 Å². The van der Waals surface area contributed by atoms with Crippen molar-refractivity contribution in [1.82, 2.24) is 14.7 Å². The number of aliphatic hydroxyl groups excluding tert-OH is 1. The topological polar surface area (TPSA) is 39.2 Å². The van der Waals surface area contributed by atoms with Crippen molar-refractivity contribution in [1.29, 1.82) is 0 Å². The van der Waals surface area contributed by atoms with Crippen LogP contribution in [0, 0.1) is 18.8 Å². The molecule has 0 aliphatic carbocycles. The molecule has 0 saturated carbocycles. The zero-order chi connectivity index (χ0) is 20.3. The number of likely N-dealkylation sites (N-methyl/N-ethyl adjacent to an activating group) is 1. The van der Waals surface area contributed by atoms with E-state index in [-0.39, 0.29) is 0 Å². The maximum absolute atomic E-state index is 9.96. The summed E-state index contributed by atoms with van der Waals surface area (Å²) in [5, 5.41) is 9.96. The summed E-state index contributed by atoms with van der Waals surface area (Å²) in [6.07, 6.45) is 0. The van der Waals surface area contributed by atoms with Crippen molar-refractivity contribution in [3.05, 3.63) is 28.8 Å². The fourth-order valence-electron chi connectivity index (χ4n) is 4.73. The monoisotopic (exact) mass is 389 g/mol. The van der Waals surface area contributed by atoms with Crippen molar-refractivity contribution in [2.75, 3.05) is 66.6 Å².